The highest BCUT2D eigenvalue weighted by Gasteiger charge is 2.23. The Hall–Kier alpha value is -1.53. The van der Waals surface area contributed by atoms with Gasteiger partial charge < -0.3 is 10.4 Å². The maximum Gasteiger partial charge on any atom is 0.128 e. The van der Waals surface area contributed by atoms with Crippen molar-refractivity contribution in [2.24, 2.45) is 7.05 Å². The number of anilines is 1. The van der Waals surface area contributed by atoms with Crippen molar-refractivity contribution in [2.75, 3.05) is 18.5 Å². The van der Waals surface area contributed by atoms with Crippen LogP contribution in [0.3, 0.4) is 0 Å². The molecule has 0 aromatic carbocycles. The summed E-state index contributed by atoms with van der Waals surface area (Å²) >= 11 is 1.87. The number of thioether (sulfide) groups is 1. The van der Waals surface area contributed by atoms with Gasteiger partial charge in [-0.1, -0.05) is 6.07 Å². The lowest BCUT2D eigenvalue weighted by Crippen LogP contribution is -2.17. The molecule has 1 atom stereocenters. The summed E-state index contributed by atoms with van der Waals surface area (Å²) in [5.74, 6) is 1.96. The number of hydrogen-bond donors (Lipinski definition) is 2. The number of aliphatic hydroxyl groups excluding tert-OH is 1. The molecule has 5 nitrogen and oxygen atoms in total. The van der Waals surface area contributed by atoms with Crippen molar-refractivity contribution in [1.82, 2.24) is 14.8 Å². The van der Waals surface area contributed by atoms with Crippen molar-refractivity contribution in [1.29, 1.82) is 0 Å². The summed E-state index contributed by atoms with van der Waals surface area (Å²) in [5, 5.41) is 17.6. The first kappa shape index (κ1) is 13.5. The Morgan fingerprint density at radius 3 is 3.15 bits per heavy atom. The van der Waals surface area contributed by atoms with Crippen LogP contribution in [0.5, 0.6) is 0 Å². The molecular weight excluding hydrogens is 272 g/mol. The minimum atomic E-state index is 0.237. The molecule has 0 amide bonds. The van der Waals surface area contributed by atoms with Crippen LogP contribution in [0.2, 0.25) is 0 Å². The standard InChI is InChI=1S/C14H18N4OS/c1-18-14-11(9-20-10(5-7-19)8-16-14)13(17-18)12-4-2-3-6-15-12/h2-4,6,10,16,19H,5,7-9H2,1H3. The second-order valence-electron chi connectivity index (χ2n) is 4.84. The van der Waals surface area contributed by atoms with Gasteiger partial charge >= 0.3 is 0 Å². The van der Waals surface area contributed by atoms with Gasteiger partial charge in [-0.15, -0.1) is 0 Å². The van der Waals surface area contributed by atoms with Gasteiger partial charge in [-0.25, -0.2) is 0 Å². The number of hydrogen-bond acceptors (Lipinski definition) is 5. The summed E-state index contributed by atoms with van der Waals surface area (Å²) in [6.45, 7) is 1.10. The van der Waals surface area contributed by atoms with Crippen LogP contribution in [0.4, 0.5) is 5.82 Å². The van der Waals surface area contributed by atoms with Crippen LogP contribution in [-0.4, -0.2) is 38.3 Å². The zero-order chi connectivity index (χ0) is 13.9. The van der Waals surface area contributed by atoms with Crippen molar-refractivity contribution < 1.29 is 5.11 Å². The topological polar surface area (TPSA) is 63.0 Å². The summed E-state index contributed by atoms with van der Waals surface area (Å²) in [4.78, 5) is 4.40. The van der Waals surface area contributed by atoms with Crippen LogP contribution in [0.15, 0.2) is 24.4 Å². The quantitative estimate of drug-likeness (QED) is 0.904. The summed E-state index contributed by atoms with van der Waals surface area (Å²) in [6, 6.07) is 5.88. The first-order valence-electron chi connectivity index (χ1n) is 6.73. The number of nitrogens with zero attached hydrogens (tertiary/aromatic N) is 3. The molecule has 0 spiro atoms. The number of pyridine rings is 1. The summed E-state index contributed by atoms with van der Waals surface area (Å²) < 4.78 is 1.89. The molecule has 6 heteroatoms. The number of nitrogens with one attached hydrogen (secondary N) is 1. The molecule has 0 saturated heterocycles. The number of aromatic nitrogens is 3. The Bertz CT molecular complexity index is 584. The maximum atomic E-state index is 9.10. The van der Waals surface area contributed by atoms with E-state index in [2.05, 4.69) is 15.4 Å². The van der Waals surface area contributed by atoms with Gasteiger partial charge in [0.25, 0.3) is 0 Å². The molecule has 20 heavy (non-hydrogen) atoms. The lowest BCUT2D eigenvalue weighted by atomic mass is 10.2. The van der Waals surface area contributed by atoms with E-state index in [4.69, 9.17) is 5.11 Å². The second kappa shape index (κ2) is 5.85. The molecule has 1 aliphatic heterocycles. The average Bonchev–Trinajstić information content (AvgIpc) is 2.65. The first-order valence-corrected chi connectivity index (χ1v) is 7.78. The Labute approximate surface area is 122 Å². The highest BCUT2D eigenvalue weighted by Crippen LogP contribution is 2.35. The molecule has 0 aliphatic carbocycles. The largest absolute Gasteiger partial charge is 0.396 e. The van der Waals surface area contributed by atoms with Crippen molar-refractivity contribution >= 4 is 17.6 Å². The molecule has 3 rings (SSSR count). The summed E-state index contributed by atoms with van der Waals surface area (Å²) in [5.41, 5.74) is 3.07. The smallest absolute Gasteiger partial charge is 0.128 e. The zero-order valence-electron chi connectivity index (χ0n) is 11.4. The van der Waals surface area contributed by atoms with E-state index in [9.17, 15) is 0 Å². The molecule has 0 radical (unpaired) electrons. The van der Waals surface area contributed by atoms with Gasteiger partial charge in [-0.2, -0.15) is 16.9 Å². The van der Waals surface area contributed by atoms with E-state index in [1.807, 2.05) is 41.7 Å². The molecule has 1 aliphatic rings. The lowest BCUT2D eigenvalue weighted by Gasteiger charge is -2.12. The molecule has 0 bridgehead atoms. The normalized spacial score (nSPS) is 18.2. The number of fused-ring (bicyclic) bond motifs is 1. The van der Waals surface area contributed by atoms with Gasteiger partial charge in [0.2, 0.25) is 0 Å². The molecule has 2 aromatic heterocycles. The van der Waals surface area contributed by atoms with Gasteiger partial charge in [0, 0.05) is 43.0 Å². The average molecular weight is 290 g/mol. The third kappa shape index (κ3) is 2.53. The van der Waals surface area contributed by atoms with Crippen molar-refractivity contribution in [3.05, 3.63) is 30.0 Å². The van der Waals surface area contributed by atoms with Crippen LogP contribution in [0, 0.1) is 0 Å². The van der Waals surface area contributed by atoms with E-state index in [1.165, 1.54) is 5.56 Å². The fourth-order valence-corrected chi connectivity index (χ4v) is 3.58. The monoisotopic (exact) mass is 290 g/mol. The van der Waals surface area contributed by atoms with E-state index in [0.29, 0.717) is 5.25 Å². The predicted molar refractivity (Wildman–Crippen MR) is 81.7 cm³/mol. The lowest BCUT2D eigenvalue weighted by molar-refractivity contribution is 0.288. The van der Waals surface area contributed by atoms with Crippen molar-refractivity contribution in [2.45, 2.75) is 17.4 Å². The highest BCUT2D eigenvalue weighted by molar-refractivity contribution is 7.99. The van der Waals surface area contributed by atoms with E-state index in [-0.39, 0.29) is 6.61 Å². The fraction of sp³-hybridized carbons (Fsp3) is 0.429. The summed E-state index contributed by atoms with van der Waals surface area (Å²) in [7, 11) is 1.95. The number of aryl methyl sites for hydroxylation is 1. The molecule has 2 aromatic rings. The Morgan fingerprint density at radius 1 is 1.50 bits per heavy atom. The van der Waals surface area contributed by atoms with Gasteiger partial charge in [-0.3, -0.25) is 9.67 Å². The Kier molecular flexibility index (Phi) is 3.93. The van der Waals surface area contributed by atoms with Crippen LogP contribution in [-0.2, 0) is 12.8 Å². The fourth-order valence-electron chi connectivity index (χ4n) is 2.43. The zero-order valence-corrected chi connectivity index (χ0v) is 12.2. The van der Waals surface area contributed by atoms with Crippen molar-refractivity contribution in [3.63, 3.8) is 0 Å². The Morgan fingerprint density at radius 2 is 2.40 bits per heavy atom. The van der Waals surface area contributed by atoms with Crippen LogP contribution in [0.1, 0.15) is 12.0 Å². The molecule has 0 fully saturated rings. The molecule has 2 N–H and O–H groups in total. The van der Waals surface area contributed by atoms with Gasteiger partial charge in [0.05, 0.1) is 5.69 Å². The van der Waals surface area contributed by atoms with Gasteiger partial charge in [0.1, 0.15) is 11.5 Å². The third-order valence-corrected chi connectivity index (χ3v) is 4.79. The molecular formula is C14H18N4OS. The SMILES string of the molecule is Cn1nc(-c2ccccn2)c2c1NCC(CCO)SC2. The summed E-state index contributed by atoms with van der Waals surface area (Å²) in [6.07, 6.45) is 2.61. The molecule has 0 saturated carbocycles. The minimum absolute atomic E-state index is 0.237. The maximum absolute atomic E-state index is 9.10. The van der Waals surface area contributed by atoms with E-state index in [0.717, 1.165) is 35.9 Å². The molecule has 106 valence electrons. The van der Waals surface area contributed by atoms with Crippen LogP contribution < -0.4 is 5.32 Å². The third-order valence-electron chi connectivity index (χ3n) is 3.46. The highest BCUT2D eigenvalue weighted by atomic mass is 32.2. The molecule has 1 unspecified atom stereocenters. The first-order chi connectivity index (χ1) is 9.79. The van der Waals surface area contributed by atoms with E-state index in [1.54, 1.807) is 6.20 Å². The van der Waals surface area contributed by atoms with Crippen molar-refractivity contribution in [3.8, 4) is 11.4 Å². The van der Waals surface area contributed by atoms with E-state index >= 15 is 0 Å². The van der Waals surface area contributed by atoms with Crippen LogP contribution >= 0.6 is 11.8 Å². The minimum Gasteiger partial charge on any atom is -0.396 e. The predicted octanol–water partition coefficient (Wildman–Crippen LogP) is 1.89. The Balaban J connectivity index is 1.94. The van der Waals surface area contributed by atoms with Gasteiger partial charge in [0.15, 0.2) is 0 Å². The molecule has 3 heterocycles. The number of rotatable bonds is 3. The van der Waals surface area contributed by atoms with E-state index < -0.39 is 0 Å². The number of aliphatic hydroxyl groups is 1. The van der Waals surface area contributed by atoms with Gasteiger partial charge in [-0.05, 0) is 18.6 Å². The second-order valence-corrected chi connectivity index (χ2v) is 6.13. The van der Waals surface area contributed by atoms with Crippen LogP contribution in [0.25, 0.3) is 11.4 Å².